The topological polar surface area (TPSA) is 0 Å². The smallest absolute Gasteiger partial charge is 0.00181 e. The summed E-state index contributed by atoms with van der Waals surface area (Å²) in [6.45, 7) is 3.88. The lowest BCUT2D eigenvalue weighted by Crippen LogP contribution is -2.06. The van der Waals surface area contributed by atoms with Gasteiger partial charge in [-0.3, -0.25) is 0 Å². The van der Waals surface area contributed by atoms with Gasteiger partial charge in [-0.25, -0.2) is 0 Å². The maximum Gasteiger partial charge on any atom is 0.00181 e. The van der Waals surface area contributed by atoms with Crippen LogP contribution in [0.25, 0.3) is 0 Å². The molecule has 0 nitrogen and oxygen atoms in total. The highest BCUT2D eigenvalue weighted by molar-refractivity contribution is 5.34. The van der Waals surface area contributed by atoms with Crippen molar-refractivity contribution in [3.8, 4) is 0 Å². The van der Waals surface area contributed by atoms with E-state index in [1.807, 2.05) is 0 Å². The molecule has 1 aromatic rings. The molecule has 0 heteroatoms. The molecule has 0 amide bonds. The van der Waals surface area contributed by atoms with Crippen molar-refractivity contribution < 1.29 is 0 Å². The van der Waals surface area contributed by atoms with Crippen LogP contribution in [0.3, 0.4) is 0 Å². The van der Waals surface area contributed by atoms with Crippen LogP contribution in [0, 0.1) is 0 Å². The molecule has 0 radical (unpaired) electrons. The zero-order valence-electron chi connectivity index (χ0n) is 7.29. The van der Waals surface area contributed by atoms with E-state index >= 15 is 0 Å². The molecular weight excluding hydrogens is 144 g/mol. The minimum atomic E-state index is 0.606. The lowest BCUT2D eigenvalue weighted by Gasteiger charge is -2.22. The van der Waals surface area contributed by atoms with Gasteiger partial charge in [0, 0.05) is 5.92 Å². The molecule has 1 aromatic carbocycles. The predicted molar refractivity (Wildman–Crippen MR) is 52.3 cm³/mol. The third kappa shape index (κ3) is 1.18. The van der Waals surface area contributed by atoms with Crippen LogP contribution < -0.4 is 0 Å². The highest BCUT2D eigenvalue weighted by Crippen LogP contribution is 2.31. The Labute approximate surface area is 73.9 Å². The minimum Gasteiger partial charge on any atom is -0.102 e. The average molecular weight is 158 g/mol. The lowest BCUT2D eigenvalue weighted by molar-refractivity contribution is 0.630. The molecule has 1 atom stereocenters. The fourth-order valence-corrected chi connectivity index (χ4v) is 2.04. The Hall–Kier alpha value is -1.04. The van der Waals surface area contributed by atoms with E-state index in [1.54, 1.807) is 0 Å². The second kappa shape index (κ2) is 3.14. The SMILES string of the molecule is C=C[C@H]1CCCc2ccccc21. The van der Waals surface area contributed by atoms with E-state index in [0.717, 1.165) is 0 Å². The van der Waals surface area contributed by atoms with Crippen molar-refractivity contribution in [2.75, 3.05) is 0 Å². The summed E-state index contributed by atoms with van der Waals surface area (Å²) in [7, 11) is 0. The second-order valence-corrected chi connectivity index (χ2v) is 3.43. The summed E-state index contributed by atoms with van der Waals surface area (Å²) in [6.07, 6.45) is 5.92. The second-order valence-electron chi connectivity index (χ2n) is 3.43. The Morgan fingerprint density at radius 1 is 1.33 bits per heavy atom. The van der Waals surface area contributed by atoms with E-state index < -0.39 is 0 Å². The number of fused-ring (bicyclic) bond motifs is 1. The Bertz CT molecular complexity index is 286. The fourth-order valence-electron chi connectivity index (χ4n) is 2.04. The fraction of sp³-hybridized carbons (Fsp3) is 0.333. The monoisotopic (exact) mass is 158 g/mol. The summed E-state index contributed by atoms with van der Waals surface area (Å²) in [6, 6.07) is 8.73. The highest BCUT2D eigenvalue weighted by atomic mass is 14.2. The molecule has 0 heterocycles. The molecule has 0 saturated carbocycles. The van der Waals surface area contributed by atoms with Crippen molar-refractivity contribution >= 4 is 0 Å². The molecule has 0 saturated heterocycles. The molecule has 0 aromatic heterocycles. The van der Waals surface area contributed by atoms with Gasteiger partial charge in [0.25, 0.3) is 0 Å². The third-order valence-electron chi connectivity index (χ3n) is 2.70. The van der Waals surface area contributed by atoms with E-state index in [0.29, 0.717) is 5.92 Å². The van der Waals surface area contributed by atoms with Gasteiger partial charge in [0.1, 0.15) is 0 Å². The first-order valence-corrected chi connectivity index (χ1v) is 4.62. The van der Waals surface area contributed by atoms with Gasteiger partial charge in [0.2, 0.25) is 0 Å². The normalized spacial score (nSPS) is 21.5. The van der Waals surface area contributed by atoms with E-state index in [4.69, 9.17) is 0 Å². The van der Waals surface area contributed by atoms with Crippen molar-refractivity contribution in [3.63, 3.8) is 0 Å². The van der Waals surface area contributed by atoms with Gasteiger partial charge in [-0.05, 0) is 30.4 Å². The van der Waals surface area contributed by atoms with Crippen LogP contribution >= 0.6 is 0 Å². The van der Waals surface area contributed by atoms with Crippen LogP contribution in [0.2, 0.25) is 0 Å². The van der Waals surface area contributed by atoms with E-state index in [-0.39, 0.29) is 0 Å². The highest BCUT2D eigenvalue weighted by Gasteiger charge is 2.15. The number of hydrogen-bond donors (Lipinski definition) is 0. The first kappa shape index (κ1) is 7.60. The standard InChI is InChI=1S/C12H14/c1-2-10-7-5-8-11-6-3-4-9-12(10)11/h2-4,6,9-10H,1,5,7-8H2/t10-/m0/s1. The molecule has 62 valence electrons. The molecule has 2 rings (SSSR count). The van der Waals surface area contributed by atoms with Crippen LogP contribution in [0.5, 0.6) is 0 Å². The first-order valence-electron chi connectivity index (χ1n) is 4.62. The number of aryl methyl sites for hydroxylation is 1. The molecule has 1 aliphatic rings. The molecular formula is C12H14. The van der Waals surface area contributed by atoms with Gasteiger partial charge >= 0.3 is 0 Å². The quantitative estimate of drug-likeness (QED) is 0.550. The predicted octanol–water partition coefficient (Wildman–Crippen LogP) is 3.29. The maximum atomic E-state index is 3.88. The van der Waals surface area contributed by atoms with Gasteiger partial charge in [0.15, 0.2) is 0 Å². The van der Waals surface area contributed by atoms with Crippen LogP contribution in [0.15, 0.2) is 36.9 Å². The Morgan fingerprint density at radius 2 is 2.17 bits per heavy atom. The zero-order chi connectivity index (χ0) is 8.39. The van der Waals surface area contributed by atoms with E-state index in [2.05, 4.69) is 36.9 Å². The van der Waals surface area contributed by atoms with Gasteiger partial charge in [-0.1, -0.05) is 30.3 Å². The zero-order valence-corrected chi connectivity index (χ0v) is 7.29. The van der Waals surface area contributed by atoms with Crippen molar-refractivity contribution in [1.82, 2.24) is 0 Å². The van der Waals surface area contributed by atoms with E-state index in [9.17, 15) is 0 Å². The van der Waals surface area contributed by atoms with Crippen molar-refractivity contribution in [1.29, 1.82) is 0 Å². The van der Waals surface area contributed by atoms with Gasteiger partial charge < -0.3 is 0 Å². The molecule has 0 aliphatic heterocycles. The molecule has 0 unspecified atom stereocenters. The minimum absolute atomic E-state index is 0.606. The summed E-state index contributed by atoms with van der Waals surface area (Å²) >= 11 is 0. The van der Waals surface area contributed by atoms with Gasteiger partial charge in [-0.15, -0.1) is 6.58 Å². The van der Waals surface area contributed by atoms with Crippen LogP contribution in [0.1, 0.15) is 29.9 Å². The number of allylic oxidation sites excluding steroid dienone is 1. The van der Waals surface area contributed by atoms with Crippen LogP contribution in [0.4, 0.5) is 0 Å². The van der Waals surface area contributed by atoms with Gasteiger partial charge in [0.05, 0.1) is 0 Å². The van der Waals surface area contributed by atoms with Crippen LogP contribution in [-0.2, 0) is 6.42 Å². The molecule has 0 fully saturated rings. The summed E-state index contributed by atoms with van der Waals surface area (Å²) in [5.74, 6) is 0.606. The Balaban J connectivity index is 2.43. The molecule has 12 heavy (non-hydrogen) atoms. The van der Waals surface area contributed by atoms with E-state index in [1.165, 1.54) is 30.4 Å². The van der Waals surface area contributed by atoms with Crippen molar-refractivity contribution in [2.24, 2.45) is 0 Å². The first-order chi connectivity index (χ1) is 5.92. The average Bonchev–Trinajstić information content (AvgIpc) is 2.17. The molecule has 0 bridgehead atoms. The van der Waals surface area contributed by atoms with Crippen molar-refractivity contribution in [3.05, 3.63) is 48.0 Å². The Kier molecular flexibility index (Phi) is 1.99. The molecule has 1 aliphatic carbocycles. The van der Waals surface area contributed by atoms with Crippen LogP contribution in [-0.4, -0.2) is 0 Å². The third-order valence-corrected chi connectivity index (χ3v) is 2.70. The summed E-state index contributed by atoms with van der Waals surface area (Å²) < 4.78 is 0. The van der Waals surface area contributed by atoms with Gasteiger partial charge in [-0.2, -0.15) is 0 Å². The summed E-state index contributed by atoms with van der Waals surface area (Å²) in [5, 5.41) is 0. The maximum absolute atomic E-state index is 3.88. The summed E-state index contributed by atoms with van der Waals surface area (Å²) in [5.41, 5.74) is 3.02. The number of benzene rings is 1. The lowest BCUT2D eigenvalue weighted by atomic mass is 9.83. The number of rotatable bonds is 1. The number of hydrogen-bond acceptors (Lipinski definition) is 0. The molecule has 0 N–H and O–H groups in total. The molecule has 0 spiro atoms. The summed E-state index contributed by atoms with van der Waals surface area (Å²) in [4.78, 5) is 0. The Morgan fingerprint density at radius 3 is 3.00 bits per heavy atom. The largest absolute Gasteiger partial charge is 0.102 e. The van der Waals surface area contributed by atoms with Crippen molar-refractivity contribution in [2.45, 2.75) is 25.2 Å².